The molecule has 1 nitrogen and oxygen atoms in total. The summed E-state index contributed by atoms with van der Waals surface area (Å²) >= 11 is 1.98. The van der Waals surface area contributed by atoms with Gasteiger partial charge in [0.05, 0.1) is 10.9 Å². The lowest BCUT2D eigenvalue weighted by Gasteiger charge is -2.27. The van der Waals surface area contributed by atoms with Gasteiger partial charge in [-0.3, -0.25) is 0 Å². The number of rotatable bonds is 1. The molecule has 128 valence electrons. The number of nitrogens with one attached hydrogen (secondary N) is 1. The number of thioether (sulfide) groups is 1. The molecular formula is C24H21NS. The Morgan fingerprint density at radius 2 is 1.62 bits per heavy atom. The van der Waals surface area contributed by atoms with Crippen LogP contribution in [0.3, 0.4) is 0 Å². The molecule has 1 heterocycles. The average Bonchev–Trinajstić information content (AvgIpc) is 2.85. The van der Waals surface area contributed by atoms with Crippen molar-refractivity contribution in [3.8, 4) is 0 Å². The highest BCUT2D eigenvalue weighted by atomic mass is 32.2. The summed E-state index contributed by atoms with van der Waals surface area (Å²) < 4.78 is 0. The highest BCUT2D eigenvalue weighted by Gasteiger charge is 2.30. The molecule has 3 aromatic rings. The van der Waals surface area contributed by atoms with Gasteiger partial charge in [0, 0.05) is 16.2 Å². The van der Waals surface area contributed by atoms with Crippen LogP contribution < -0.4 is 5.32 Å². The highest BCUT2D eigenvalue weighted by Crippen LogP contribution is 2.51. The average molecular weight is 356 g/mol. The van der Waals surface area contributed by atoms with E-state index >= 15 is 0 Å². The molecule has 1 aliphatic carbocycles. The minimum absolute atomic E-state index is 0.357. The van der Waals surface area contributed by atoms with Crippen LogP contribution in [0.2, 0.25) is 0 Å². The van der Waals surface area contributed by atoms with Gasteiger partial charge in [0.25, 0.3) is 0 Å². The van der Waals surface area contributed by atoms with E-state index < -0.39 is 0 Å². The van der Waals surface area contributed by atoms with Gasteiger partial charge in [0.2, 0.25) is 0 Å². The van der Waals surface area contributed by atoms with Crippen molar-refractivity contribution in [3.05, 3.63) is 101 Å². The summed E-state index contributed by atoms with van der Waals surface area (Å²) in [6.07, 6.45) is 2.23. The van der Waals surface area contributed by atoms with Crippen molar-refractivity contribution in [2.45, 2.75) is 29.9 Å². The summed E-state index contributed by atoms with van der Waals surface area (Å²) in [5, 5.41) is 4.14. The maximum absolute atomic E-state index is 3.79. The third-order valence-electron chi connectivity index (χ3n) is 5.36. The smallest absolute Gasteiger partial charge is 0.0577 e. The van der Waals surface area contributed by atoms with Crippen molar-refractivity contribution in [3.63, 3.8) is 0 Å². The van der Waals surface area contributed by atoms with E-state index in [-0.39, 0.29) is 0 Å². The molecule has 0 saturated carbocycles. The van der Waals surface area contributed by atoms with Crippen molar-refractivity contribution < 1.29 is 0 Å². The zero-order valence-electron chi connectivity index (χ0n) is 14.8. The Bertz CT molecular complexity index is 1000. The third kappa shape index (κ3) is 2.65. The van der Waals surface area contributed by atoms with Gasteiger partial charge in [0.15, 0.2) is 0 Å². The molecule has 0 unspecified atom stereocenters. The molecule has 5 rings (SSSR count). The van der Waals surface area contributed by atoms with Crippen LogP contribution in [-0.2, 0) is 6.42 Å². The summed E-state index contributed by atoms with van der Waals surface area (Å²) in [4.78, 5) is 1.32. The van der Waals surface area contributed by atoms with Crippen LogP contribution in [0.15, 0.2) is 83.3 Å². The van der Waals surface area contributed by atoms with E-state index in [1.807, 2.05) is 11.8 Å². The molecule has 0 fully saturated rings. The van der Waals surface area contributed by atoms with Gasteiger partial charge >= 0.3 is 0 Å². The Kier molecular flexibility index (Phi) is 3.86. The predicted octanol–water partition coefficient (Wildman–Crippen LogP) is 6.61. The molecule has 26 heavy (non-hydrogen) atoms. The van der Waals surface area contributed by atoms with Gasteiger partial charge < -0.3 is 5.32 Å². The van der Waals surface area contributed by atoms with E-state index in [4.69, 9.17) is 0 Å². The van der Waals surface area contributed by atoms with Gasteiger partial charge in [0.1, 0.15) is 0 Å². The van der Waals surface area contributed by atoms with Crippen molar-refractivity contribution in [2.75, 3.05) is 5.32 Å². The molecule has 1 atom stereocenters. The molecule has 0 amide bonds. The zero-order chi connectivity index (χ0) is 17.5. The standard InChI is InChI=1S/C24H21NS/c1-16-10-12-18(13-11-16)24-20-15-14-17-6-2-3-7-19(17)23(20)25-21-8-4-5-9-22(21)26-24/h2-13,24-25H,14-15H2,1H3/t24-/m1/s1. The molecule has 2 heteroatoms. The van der Waals surface area contributed by atoms with Gasteiger partial charge in [-0.1, -0.05) is 66.2 Å². The second-order valence-electron chi connectivity index (χ2n) is 7.09. The van der Waals surface area contributed by atoms with E-state index in [1.54, 1.807) is 0 Å². The number of anilines is 1. The van der Waals surface area contributed by atoms with Crippen LogP contribution in [0.4, 0.5) is 5.69 Å². The summed E-state index contributed by atoms with van der Waals surface area (Å²) in [5.41, 5.74) is 9.58. The Labute approximate surface area is 159 Å². The third-order valence-corrected chi connectivity index (χ3v) is 6.76. The SMILES string of the molecule is Cc1ccc([C@H]2Sc3ccccc3NC3=C2CCc2ccccc23)cc1. The minimum Gasteiger partial charge on any atom is -0.354 e. The summed E-state index contributed by atoms with van der Waals surface area (Å²) in [6.45, 7) is 2.16. The zero-order valence-corrected chi connectivity index (χ0v) is 15.6. The predicted molar refractivity (Wildman–Crippen MR) is 112 cm³/mol. The van der Waals surface area contributed by atoms with E-state index in [0.717, 1.165) is 12.8 Å². The second kappa shape index (κ2) is 6.37. The van der Waals surface area contributed by atoms with Crippen LogP contribution in [0.5, 0.6) is 0 Å². The first-order valence-electron chi connectivity index (χ1n) is 9.20. The molecule has 0 aromatic heterocycles. The fourth-order valence-corrected chi connectivity index (χ4v) is 5.30. The number of hydrogen-bond donors (Lipinski definition) is 1. The lowest BCUT2D eigenvalue weighted by Crippen LogP contribution is -2.13. The lowest BCUT2D eigenvalue weighted by atomic mass is 9.86. The maximum Gasteiger partial charge on any atom is 0.0577 e. The first-order valence-corrected chi connectivity index (χ1v) is 10.1. The largest absolute Gasteiger partial charge is 0.354 e. The Hall–Kier alpha value is -2.45. The van der Waals surface area contributed by atoms with Gasteiger partial charge in [-0.15, -0.1) is 11.8 Å². The molecule has 1 aliphatic heterocycles. The van der Waals surface area contributed by atoms with Crippen molar-refractivity contribution >= 4 is 23.1 Å². The Balaban J connectivity index is 1.72. The maximum atomic E-state index is 3.79. The molecule has 3 aromatic carbocycles. The molecule has 0 spiro atoms. The summed E-state index contributed by atoms with van der Waals surface area (Å²) in [6, 6.07) is 26.6. The first-order chi connectivity index (χ1) is 12.8. The topological polar surface area (TPSA) is 12.0 Å². The number of fused-ring (bicyclic) bond motifs is 3. The minimum atomic E-state index is 0.357. The quantitative estimate of drug-likeness (QED) is 0.527. The Morgan fingerprint density at radius 3 is 2.50 bits per heavy atom. The summed E-state index contributed by atoms with van der Waals surface area (Å²) in [7, 11) is 0. The molecule has 2 aliphatic rings. The molecule has 0 bridgehead atoms. The number of benzene rings is 3. The van der Waals surface area contributed by atoms with E-state index in [0.29, 0.717) is 5.25 Å². The van der Waals surface area contributed by atoms with Crippen molar-refractivity contribution in [2.24, 2.45) is 0 Å². The lowest BCUT2D eigenvalue weighted by molar-refractivity contribution is 0.871. The molecular weight excluding hydrogens is 334 g/mol. The number of hydrogen-bond acceptors (Lipinski definition) is 2. The highest BCUT2D eigenvalue weighted by molar-refractivity contribution is 8.00. The monoisotopic (exact) mass is 355 g/mol. The number of aryl methyl sites for hydroxylation is 2. The van der Waals surface area contributed by atoms with Crippen molar-refractivity contribution in [1.29, 1.82) is 0 Å². The molecule has 1 N–H and O–H groups in total. The second-order valence-corrected chi connectivity index (χ2v) is 8.23. The first kappa shape index (κ1) is 15.8. The van der Waals surface area contributed by atoms with Gasteiger partial charge in [-0.05, 0) is 48.6 Å². The van der Waals surface area contributed by atoms with E-state index in [9.17, 15) is 0 Å². The van der Waals surface area contributed by atoms with Crippen LogP contribution >= 0.6 is 11.8 Å². The van der Waals surface area contributed by atoms with E-state index in [1.165, 1.54) is 44.1 Å². The van der Waals surface area contributed by atoms with Gasteiger partial charge in [-0.25, -0.2) is 0 Å². The number of para-hydroxylation sites is 1. The molecule has 0 radical (unpaired) electrons. The normalized spacial score (nSPS) is 18.3. The van der Waals surface area contributed by atoms with Crippen molar-refractivity contribution in [1.82, 2.24) is 0 Å². The fraction of sp³-hybridized carbons (Fsp3) is 0.167. The fourth-order valence-electron chi connectivity index (χ4n) is 3.98. The Morgan fingerprint density at radius 1 is 0.846 bits per heavy atom. The van der Waals surface area contributed by atoms with Gasteiger partial charge in [-0.2, -0.15) is 0 Å². The van der Waals surface area contributed by atoms with Crippen LogP contribution in [-0.4, -0.2) is 0 Å². The summed E-state index contributed by atoms with van der Waals surface area (Å²) in [5.74, 6) is 0. The van der Waals surface area contributed by atoms with Crippen LogP contribution in [0.1, 0.15) is 33.9 Å². The van der Waals surface area contributed by atoms with E-state index in [2.05, 4.69) is 85.0 Å². The van der Waals surface area contributed by atoms with Crippen LogP contribution in [0.25, 0.3) is 5.70 Å². The molecule has 0 saturated heterocycles. The van der Waals surface area contributed by atoms with Crippen LogP contribution in [0, 0.1) is 6.92 Å².